The Balaban J connectivity index is 1.67. The van der Waals surface area contributed by atoms with Crippen molar-refractivity contribution in [1.29, 1.82) is 0 Å². The summed E-state index contributed by atoms with van der Waals surface area (Å²) in [7, 11) is 0. The normalized spacial score (nSPS) is 26.6. The fraction of sp³-hybridized carbons (Fsp3) is 0.615. The Morgan fingerprint density at radius 2 is 2.33 bits per heavy atom. The Labute approximate surface area is 111 Å². The molecule has 0 aliphatic carbocycles. The SMILES string of the molecule is CC1(O)CCCN(Cc2cn3ccsc3n2)CC1. The van der Waals surface area contributed by atoms with Gasteiger partial charge in [-0.05, 0) is 32.7 Å². The zero-order valence-electron chi connectivity index (χ0n) is 10.7. The standard InChI is InChI=1S/C13H19N3OS/c1-13(17)3-2-5-15(6-4-13)9-11-10-16-7-8-18-12(16)14-11/h7-8,10,17H,2-6,9H2,1H3. The second-order valence-corrected chi connectivity index (χ2v) is 6.32. The number of hydrogen-bond acceptors (Lipinski definition) is 4. The number of imidazole rings is 1. The first kappa shape index (κ1) is 12.1. The van der Waals surface area contributed by atoms with Gasteiger partial charge >= 0.3 is 0 Å². The molecule has 4 nitrogen and oxygen atoms in total. The molecule has 0 bridgehead atoms. The van der Waals surface area contributed by atoms with Crippen LogP contribution in [0.1, 0.15) is 31.9 Å². The summed E-state index contributed by atoms with van der Waals surface area (Å²) in [6.45, 7) is 4.85. The van der Waals surface area contributed by atoms with Crippen molar-refractivity contribution in [3.63, 3.8) is 0 Å². The number of aromatic nitrogens is 2. The van der Waals surface area contributed by atoms with E-state index in [0.29, 0.717) is 0 Å². The molecule has 5 heteroatoms. The van der Waals surface area contributed by atoms with E-state index < -0.39 is 5.60 Å². The zero-order valence-corrected chi connectivity index (χ0v) is 11.5. The van der Waals surface area contributed by atoms with E-state index >= 15 is 0 Å². The summed E-state index contributed by atoms with van der Waals surface area (Å²) in [5, 5.41) is 12.1. The van der Waals surface area contributed by atoms with Crippen molar-refractivity contribution in [2.75, 3.05) is 13.1 Å². The number of likely N-dealkylation sites (tertiary alicyclic amines) is 1. The van der Waals surface area contributed by atoms with Gasteiger partial charge in [-0.25, -0.2) is 4.98 Å². The van der Waals surface area contributed by atoms with Crippen LogP contribution in [0.3, 0.4) is 0 Å². The van der Waals surface area contributed by atoms with E-state index in [1.807, 2.05) is 13.1 Å². The van der Waals surface area contributed by atoms with Crippen molar-refractivity contribution in [3.8, 4) is 0 Å². The Morgan fingerprint density at radius 3 is 3.17 bits per heavy atom. The average molecular weight is 265 g/mol. The minimum Gasteiger partial charge on any atom is -0.390 e. The van der Waals surface area contributed by atoms with Gasteiger partial charge in [0.1, 0.15) is 0 Å². The van der Waals surface area contributed by atoms with Crippen LogP contribution in [-0.4, -0.2) is 38.1 Å². The first-order valence-corrected chi connectivity index (χ1v) is 7.36. The van der Waals surface area contributed by atoms with Crippen LogP contribution in [0.5, 0.6) is 0 Å². The van der Waals surface area contributed by atoms with Crippen LogP contribution in [0.4, 0.5) is 0 Å². The first-order chi connectivity index (χ1) is 8.62. The summed E-state index contributed by atoms with van der Waals surface area (Å²) < 4.78 is 2.08. The number of rotatable bonds is 2. The van der Waals surface area contributed by atoms with Gasteiger partial charge in [0, 0.05) is 30.9 Å². The molecule has 0 radical (unpaired) electrons. The molecule has 3 heterocycles. The highest BCUT2D eigenvalue weighted by atomic mass is 32.1. The van der Waals surface area contributed by atoms with Crippen LogP contribution < -0.4 is 0 Å². The van der Waals surface area contributed by atoms with Crippen molar-refractivity contribution < 1.29 is 5.11 Å². The number of thiazole rings is 1. The van der Waals surface area contributed by atoms with Crippen molar-refractivity contribution >= 4 is 16.3 Å². The summed E-state index contributed by atoms with van der Waals surface area (Å²) in [5.41, 5.74) is 0.645. The van der Waals surface area contributed by atoms with Crippen LogP contribution in [0.2, 0.25) is 0 Å². The van der Waals surface area contributed by atoms with E-state index in [1.165, 1.54) is 0 Å². The fourth-order valence-corrected chi connectivity index (χ4v) is 3.28. The van der Waals surface area contributed by atoms with E-state index in [9.17, 15) is 5.11 Å². The maximum atomic E-state index is 10.1. The molecule has 1 fully saturated rings. The monoisotopic (exact) mass is 265 g/mol. The van der Waals surface area contributed by atoms with E-state index in [0.717, 1.165) is 49.6 Å². The third-order valence-corrected chi connectivity index (χ3v) is 4.46. The zero-order chi connectivity index (χ0) is 12.6. The second kappa shape index (κ2) is 4.64. The van der Waals surface area contributed by atoms with Gasteiger partial charge in [0.15, 0.2) is 4.96 Å². The third-order valence-electron chi connectivity index (χ3n) is 3.69. The van der Waals surface area contributed by atoms with Gasteiger partial charge in [-0.3, -0.25) is 9.30 Å². The van der Waals surface area contributed by atoms with Gasteiger partial charge in [-0.2, -0.15) is 0 Å². The number of fused-ring (bicyclic) bond motifs is 1. The van der Waals surface area contributed by atoms with Crippen LogP contribution in [-0.2, 0) is 6.54 Å². The van der Waals surface area contributed by atoms with Crippen molar-refractivity contribution in [3.05, 3.63) is 23.5 Å². The molecule has 0 aromatic carbocycles. The molecule has 1 saturated heterocycles. The minimum atomic E-state index is -0.483. The van der Waals surface area contributed by atoms with Gasteiger partial charge in [0.05, 0.1) is 11.3 Å². The molecule has 1 atom stereocenters. The highest BCUT2D eigenvalue weighted by molar-refractivity contribution is 7.15. The van der Waals surface area contributed by atoms with E-state index in [-0.39, 0.29) is 0 Å². The predicted octanol–water partition coefficient (Wildman–Crippen LogP) is 2.13. The lowest BCUT2D eigenvalue weighted by Crippen LogP contribution is -2.28. The van der Waals surface area contributed by atoms with Crippen molar-refractivity contribution in [2.24, 2.45) is 0 Å². The predicted molar refractivity (Wildman–Crippen MR) is 72.8 cm³/mol. The maximum absolute atomic E-state index is 10.1. The number of aliphatic hydroxyl groups is 1. The molecule has 0 amide bonds. The molecule has 18 heavy (non-hydrogen) atoms. The summed E-state index contributed by atoms with van der Waals surface area (Å²) in [4.78, 5) is 8.07. The number of hydrogen-bond donors (Lipinski definition) is 1. The lowest BCUT2D eigenvalue weighted by Gasteiger charge is -2.21. The third kappa shape index (κ3) is 2.58. The molecule has 1 unspecified atom stereocenters. The second-order valence-electron chi connectivity index (χ2n) is 5.45. The average Bonchev–Trinajstić information content (AvgIpc) is 2.81. The Kier molecular flexibility index (Phi) is 3.13. The number of nitrogens with zero attached hydrogens (tertiary/aromatic N) is 3. The highest BCUT2D eigenvalue weighted by Crippen LogP contribution is 2.22. The summed E-state index contributed by atoms with van der Waals surface area (Å²) in [5.74, 6) is 0. The molecular formula is C13H19N3OS. The molecule has 0 spiro atoms. The van der Waals surface area contributed by atoms with Gasteiger partial charge in [-0.1, -0.05) is 0 Å². The molecule has 1 N–H and O–H groups in total. The lowest BCUT2D eigenvalue weighted by molar-refractivity contribution is 0.0444. The molecule has 2 aromatic heterocycles. The summed E-state index contributed by atoms with van der Waals surface area (Å²) in [6, 6.07) is 0. The molecule has 3 rings (SSSR count). The molecule has 1 aliphatic heterocycles. The molecule has 2 aromatic rings. The largest absolute Gasteiger partial charge is 0.390 e. The first-order valence-electron chi connectivity index (χ1n) is 6.48. The Morgan fingerprint density at radius 1 is 1.44 bits per heavy atom. The van der Waals surface area contributed by atoms with Gasteiger partial charge in [-0.15, -0.1) is 11.3 Å². The topological polar surface area (TPSA) is 40.8 Å². The van der Waals surface area contributed by atoms with E-state index in [4.69, 9.17) is 0 Å². The lowest BCUT2D eigenvalue weighted by atomic mass is 9.98. The van der Waals surface area contributed by atoms with Crippen LogP contribution in [0.15, 0.2) is 17.8 Å². The van der Waals surface area contributed by atoms with E-state index in [1.54, 1.807) is 11.3 Å². The maximum Gasteiger partial charge on any atom is 0.193 e. The molecule has 1 aliphatic rings. The fourth-order valence-electron chi connectivity index (χ4n) is 2.56. The Hall–Kier alpha value is -0.910. The highest BCUT2D eigenvalue weighted by Gasteiger charge is 2.25. The summed E-state index contributed by atoms with van der Waals surface area (Å²) in [6.07, 6.45) is 6.98. The van der Waals surface area contributed by atoms with Crippen molar-refractivity contribution in [1.82, 2.24) is 14.3 Å². The van der Waals surface area contributed by atoms with Crippen molar-refractivity contribution in [2.45, 2.75) is 38.3 Å². The molecule has 98 valence electrons. The van der Waals surface area contributed by atoms with Crippen LogP contribution >= 0.6 is 11.3 Å². The van der Waals surface area contributed by atoms with Gasteiger partial charge in [0.25, 0.3) is 0 Å². The molecule has 0 saturated carbocycles. The quantitative estimate of drug-likeness (QED) is 0.904. The van der Waals surface area contributed by atoms with Gasteiger partial charge < -0.3 is 5.11 Å². The minimum absolute atomic E-state index is 0.483. The summed E-state index contributed by atoms with van der Waals surface area (Å²) >= 11 is 1.67. The smallest absolute Gasteiger partial charge is 0.193 e. The Bertz CT molecular complexity index is 503. The van der Waals surface area contributed by atoms with E-state index in [2.05, 4.69) is 25.9 Å². The van der Waals surface area contributed by atoms with Gasteiger partial charge in [0.2, 0.25) is 0 Å². The van der Waals surface area contributed by atoms with Crippen LogP contribution in [0.25, 0.3) is 4.96 Å². The molecular weight excluding hydrogens is 246 g/mol. The van der Waals surface area contributed by atoms with Crippen LogP contribution in [0, 0.1) is 0 Å².